The van der Waals surface area contributed by atoms with Crippen LogP contribution in [0, 0.1) is 23.2 Å². The van der Waals surface area contributed by atoms with Gasteiger partial charge in [0.25, 0.3) is 0 Å². The molecule has 0 aromatic heterocycles. The minimum atomic E-state index is -0.0934. The van der Waals surface area contributed by atoms with E-state index >= 15 is 0 Å². The fraction of sp³-hybridized carbons (Fsp3) is 0.857. The molecule has 2 aliphatic rings. The Hall–Kier alpha value is -0.860. The van der Waals surface area contributed by atoms with Gasteiger partial charge >= 0.3 is 0 Å². The highest BCUT2D eigenvalue weighted by molar-refractivity contribution is 5.99. The summed E-state index contributed by atoms with van der Waals surface area (Å²) >= 11 is 0. The van der Waals surface area contributed by atoms with E-state index in [1.54, 1.807) is 0 Å². The van der Waals surface area contributed by atoms with Crippen molar-refractivity contribution in [3.8, 4) is 0 Å². The van der Waals surface area contributed by atoms with Crippen molar-refractivity contribution in [2.24, 2.45) is 23.2 Å². The summed E-state index contributed by atoms with van der Waals surface area (Å²) in [5, 5.41) is 2.53. The van der Waals surface area contributed by atoms with E-state index in [4.69, 9.17) is 0 Å². The third-order valence-electron chi connectivity index (χ3n) is 4.42. The van der Waals surface area contributed by atoms with Crippen molar-refractivity contribution in [3.63, 3.8) is 0 Å². The van der Waals surface area contributed by atoms with Crippen molar-refractivity contribution >= 4 is 11.8 Å². The summed E-state index contributed by atoms with van der Waals surface area (Å²) in [5.41, 5.74) is 0.0284. The maximum Gasteiger partial charge on any atom is 0.230 e. The first kappa shape index (κ1) is 12.6. The van der Waals surface area contributed by atoms with Gasteiger partial charge in [-0.3, -0.25) is 14.9 Å². The molecule has 0 spiro atoms. The maximum atomic E-state index is 12.1. The van der Waals surface area contributed by atoms with Crippen molar-refractivity contribution in [2.75, 3.05) is 0 Å². The molecule has 3 heteroatoms. The lowest BCUT2D eigenvalue weighted by Crippen LogP contribution is -2.51. The molecule has 1 aliphatic carbocycles. The van der Waals surface area contributed by atoms with Crippen LogP contribution >= 0.6 is 0 Å². The van der Waals surface area contributed by atoms with Crippen LogP contribution in [0.3, 0.4) is 0 Å². The molecule has 1 aliphatic heterocycles. The average molecular weight is 237 g/mol. The van der Waals surface area contributed by atoms with Gasteiger partial charge in [0.15, 0.2) is 0 Å². The normalized spacial score (nSPS) is 31.7. The first-order valence-corrected chi connectivity index (χ1v) is 6.73. The Morgan fingerprint density at radius 2 is 1.71 bits per heavy atom. The van der Waals surface area contributed by atoms with Gasteiger partial charge in [0.1, 0.15) is 0 Å². The van der Waals surface area contributed by atoms with E-state index in [2.05, 4.69) is 26.1 Å². The Kier molecular flexibility index (Phi) is 3.28. The lowest BCUT2D eigenvalue weighted by atomic mass is 9.65. The molecule has 2 fully saturated rings. The van der Waals surface area contributed by atoms with Crippen molar-refractivity contribution < 1.29 is 9.59 Å². The molecule has 96 valence electrons. The number of piperidine rings is 1. The summed E-state index contributed by atoms with van der Waals surface area (Å²) in [5.74, 6) is 0.631. The second kappa shape index (κ2) is 4.43. The van der Waals surface area contributed by atoms with Crippen molar-refractivity contribution in [2.45, 2.75) is 52.9 Å². The zero-order valence-corrected chi connectivity index (χ0v) is 11.1. The van der Waals surface area contributed by atoms with Gasteiger partial charge < -0.3 is 0 Å². The summed E-state index contributed by atoms with van der Waals surface area (Å²) < 4.78 is 0. The summed E-state index contributed by atoms with van der Waals surface area (Å²) in [6.07, 6.45) is 5.28. The number of carbonyl (C=O) groups excluding carboxylic acids is 2. The molecule has 0 radical (unpaired) electrons. The first-order chi connectivity index (χ1) is 7.89. The van der Waals surface area contributed by atoms with Gasteiger partial charge in [0.05, 0.1) is 0 Å². The predicted octanol–water partition coefficient (Wildman–Crippen LogP) is 2.50. The fourth-order valence-corrected chi connectivity index (χ4v) is 3.49. The zero-order valence-electron chi connectivity index (χ0n) is 11.1. The van der Waals surface area contributed by atoms with Gasteiger partial charge in [-0.2, -0.15) is 0 Å². The number of hydrogen-bond acceptors (Lipinski definition) is 2. The monoisotopic (exact) mass is 237 g/mol. The predicted molar refractivity (Wildman–Crippen MR) is 66.2 cm³/mol. The zero-order chi connectivity index (χ0) is 12.6. The maximum absolute atomic E-state index is 12.1. The van der Waals surface area contributed by atoms with Gasteiger partial charge in [-0.25, -0.2) is 0 Å². The molecule has 2 rings (SSSR count). The highest BCUT2D eigenvalue weighted by Crippen LogP contribution is 2.45. The molecule has 3 nitrogen and oxygen atoms in total. The topological polar surface area (TPSA) is 46.2 Å². The summed E-state index contributed by atoms with van der Waals surface area (Å²) in [6, 6.07) is 0. The molecule has 1 N–H and O–H groups in total. The van der Waals surface area contributed by atoms with E-state index in [-0.39, 0.29) is 29.1 Å². The Morgan fingerprint density at radius 3 is 2.24 bits per heavy atom. The van der Waals surface area contributed by atoms with E-state index < -0.39 is 0 Å². The van der Waals surface area contributed by atoms with Gasteiger partial charge in [-0.1, -0.05) is 33.6 Å². The van der Waals surface area contributed by atoms with E-state index in [0.29, 0.717) is 12.3 Å². The highest BCUT2D eigenvalue weighted by atomic mass is 16.2. The minimum absolute atomic E-state index is 0.0203. The quantitative estimate of drug-likeness (QED) is 0.712. The van der Waals surface area contributed by atoms with Crippen molar-refractivity contribution in [1.29, 1.82) is 0 Å². The standard InChI is InChI=1S/C14H23NO2/c1-14(2,3)10-8-11(16)15-13(17)12(10)9-6-4-5-7-9/h9-10,12H,4-8H2,1-3H3,(H,15,16,17). The largest absolute Gasteiger partial charge is 0.296 e. The van der Waals surface area contributed by atoms with Crippen LogP contribution in [0.15, 0.2) is 0 Å². The smallest absolute Gasteiger partial charge is 0.230 e. The second-order valence-electron chi connectivity index (χ2n) is 6.66. The summed E-state index contributed by atoms with van der Waals surface area (Å²) in [7, 11) is 0. The Labute approximate surface area is 103 Å². The molecule has 2 amide bonds. The number of imide groups is 1. The van der Waals surface area contributed by atoms with Gasteiger partial charge in [0.2, 0.25) is 11.8 Å². The average Bonchev–Trinajstić information content (AvgIpc) is 2.67. The van der Waals surface area contributed by atoms with E-state index in [1.807, 2.05) is 0 Å². The molecule has 1 heterocycles. The third kappa shape index (κ3) is 2.53. The third-order valence-corrected chi connectivity index (χ3v) is 4.42. The van der Waals surface area contributed by atoms with E-state index in [1.165, 1.54) is 12.8 Å². The lowest BCUT2D eigenvalue weighted by molar-refractivity contribution is -0.143. The van der Waals surface area contributed by atoms with Gasteiger partial charge in [0, 0.05) is 12.3 Å². The molecule has 1 saturated heterocycles. The van der Waals surface area contributed by atoms with Crippen molar-refractivity contribution in [3.05, 3.63) is 0 Å². The number of carbonyl (C=O) groups is 2. The fourth-order valence-electron chi connectivity index (χ4n) is 3.49. The number of nitrogens with one attached hydrogen (secondary N) is 1. The molecule has 0 aromatic carbocycles. The summed E-state index contributed by atoms with van der Waals surface area (Å²) in [4.78, 5) is 23.7. The van der Waals surface area contributed by atoms with Crippen molar-refractivity contribution in [1.82, 2.24) is 5.32 Å². The van der Waals surface area contributed by atoms with Gasteiger partial charge in [-0.05, 0) is 30.1 Å². The van der Waals surface area contributed by atoms with Crippen LogP contribution in [0.4, 0.5) is 0 Å². The molecular weight excluding hydrogens is 214 g/mol. The molecule has 2 atom stereocenters. The molecule has 0 bridgehead atoms. The van der Waals surface area contributed by atoms with Crippen LogP contribution in [-0.2, 0) is 9.59 Å². The first-order valence-electron chi connectivity index (χ1n) is 6.73. The van der Waals surface area contributed by atoms with E-state index in [9.17, 15) is 9.59 Å². The minimum Gasteiger partial charge on any atom is -0.296 e. The van der Waals surface area contributed by atoms with Crippen LogP contribution < -0.4 is 5.32 Å². The molecular formula is C14H23NO2. The molecule has 0 aromatic rings. The van der Waals surface area contributed by atoms with Crippen LogP contribution in [0.1, 0.15) is 52.9 Å². The van der Waals surface area contributed by atoms with Crippen LogP contribution in [0.2, 0.25) is 0 Å². The van der Waals surface area contributed by atoms with Crippen LogP contribution in [0.5, 0.6) is 0 Å². The SMILES string of the molecule is CC(C)(C)C1CC(=O)NC(=O)C1C1CCCC1. The Morgan fingerprint density at radius 1 is 1.12 bits per heavy atom. The van der Waals surface area contributed by atoms with Crippen LogP contribution in [0.25, 0.3) is 0 Å². The Balaban J connectivity index is 2.23. The molecule has 1 saturated carbocycles. The lowest BCUT2D eigenvalue weighted by Gasteiger charge is -2.41. The highest BCUT2D eigenvalue weighted by Gasteiger charge is 2.46. The van der Waals surface area contributed by atoms with Gasteiger partial charge in [-0.15, -0.1) is 0 Å². The van der Waals surface area contributed by atoms with Crippen LogP contribution in [-0.4, -0.2) is 11.8 Å². The second-order valence-corrected chi connectivity index (χ2v) is 6.66. The number of rotatable bonds is 1. The van der Waals surface area contributed by atoms with E-state index in [0.717, 1.165) is 12.8 Å². The summed E-state index contributed by atoms with van der Waals surface area (Å²) in [6.45, 7) is 6.43. The number of hydrogen-bond donors (Lipinski definition) is 1. The molecule has 2 unspecified atom stereocenters. The molecule has 17 heavy (non-hydrogen) atoms. The number of amides is 2. The Bertz CT molecular complexity index is 324.